The summed E-state index contributed by atoms with van der Waals surface area (Å²) in [7, 11) is 0. The second-order valence-electron chi connectivity index (χ2n) is 15.0. The molecule has 44 heavy (non-hydrogen) atoms. The van der Waals surface area contributed by atoms with Crippen molar-refractivity contribution in [2.75, 3.05) is 6.61 Å². The van der Waals surface area contributed by atoms with Crippen molar-refractivity contribution < 1.29 is 58.2 Å². The maximum Gasteiger partial charge on any atom is 0.310 e. The van der Waals surface area contributed by atoms with Gasteiger partial charge in [-0.05, 0) is 37.3 Å². The molecule has 15 atom stereocenters. The van der Waals surface area contributed by atoms with E-state index < -0.39 is 99.5 Å². The van der Waals surface area contributed by atoms with Gasteiger partial charge in [-0.1, -0.05) is 27.7 Å². The van der Waals surface area contributed by atoms with Gasteiger partial charge in [-0.2, -0.15) is 0 Å². The molecule has 3 heterocycles. The molecule has 0 amide bonds. The number of ether oxygens (including phenoxy) is 4. The summed E-state index contributed by atoms with van der Waals surface area (Å²) < 4.78 is 29.5. The first-order valence-electron chi connectivity index (χ1n) is 15.5. The summed E-state index contributed by atoms with van der Waals surface area (Å²) in [5.41, 5.74) is -5.83. The van der Waals surface area contributed by atoms with Crippen LogP contribution in [-0.4, -0.2) is 93.3 Å². The van der Waals surface area contributed by atoms with Crippen LogP contribution in [0.4, 0.5) is 0 Å². The molecule has 6 aliphatic rings. The van der Waals surface area contributed by atoms with Crippen molar-refractivity contribution in [2.24, 2.45) is 39.4 Å². The molecule has 1 unspecified atom stereocenters. The molecule has 2 aliphatic heterocycles. The highest BCUT2D eigenvalue weighted by Crippen LogP contribution is 2.82. The quantitative estimate of drug-likeness (QED) is 0.278. The van der Waals surface area contributed by atoms with E-state index in [1.807, 2.05) is 6.92 Å². The van der Waals surface area contributed by atoms with Gasteiger partial charge in [0, 0.05) is 35.0 Å². The molecule has 0 aromatic carbocycles. The van der Waals surface area contributed by atoms with Crippen LogP contribution in [0, 0.1) is 39.4 Å². The number of aliphatic hydroxyl groups is 4. The van der Waals surface area contributed by atoms with Crippen LogP contribution in [0.15, 0.2) is 23.0 Å². The van der Waals surface area contributed by atoms with Gasteiger partial charge in [0.05, 0.1) is 48.8 Å². The summed E-state index contributed by atoms with van der Waals surface area (Å²) in [6.07, 6.45) is -5.58. The first kappa shape index (κ1) is 30.3. The predicted octanol–water partition coefficient (Wildman–Crippen LogP) is 1.07. The highest BCUT2D eigenvalue weighted by atomic mass is 16.7. The zero-order chi connectivity index (χ0) is 31.9. The maximum atomic E-state index is 14.8. The van der Waals surface area contributed by atoms with Gasteiger partial charge >= 0.3 is 11.9 Å². The van der Waals surface area contributed by atoms with Crippen LogP contribution in [0.2, 0.25) is 0 Å². The molecule has 1 aromatic rings. The summed E-state index contributed by atoms with van der Waals surface area (Å²) in [5, 5.41) is 48.1. The first-order valence-corrected chi connectivity index (χ1v) is 15.5. The molecule has 1 spiro atoms. The van der Waals surface area contributed by atoms with Gasteiger partial charge in [0.1, 0.15) is 23.9 Å². The third-order valence-electron chi connectivity index (χ3n) is 13.0. The number of Topliss-reactive ketones (excluding diaryl/α,β-unsaturated/α-hetero) is 1. The van der Waals surface area contributed by atoms with Gasteiger partial charge < -0.3 is 43.8 Å². The average molecular weight is 619 g/mol. The van der Waals surface area contributed by atoms with Crippen LogP contribution >= 0.6 is 0 Å². The molecule has 7 rings (SSSR count). The van der Waals surface area contributed by atoms with E-state index in [1.54, 1.807) is 46.3 Å². The smallest absolute Gasteiger partial charge is 0.310 e. The largest absolute Gasteiger partial charge is 0.472 e. The third-order valence-corrected chi connectivity index (χ3v) is 13.0. The molecule has 2 bridgehead atoms. The van der Waals surface area contributed by atoms with Crippen LogP contribution in [0.25, 0.3) is 0 Å². The fourth-order valence-electron chi connectivity index (χ4n) is 11.1. The van der Waals surface area contributed by atoms with E-state index in [0.717, 1.165) is 12.5 Å². The highest BCUT2D eigenvalue weighted by Gasteiger charge is 2.92. The minimum Gasteiger partial charge on any atom is -0.472 e. The number of fused-ring (bicyclic) bond motifs is 1. The van der Waals surface area contributed by atoms with Crippen molar-refractivity contribution in [1.29, 1.82) is 0 Å². The fourth-order valence-corrected chi connectivity index (χ4v) is 11.1. The predicted molar refractivity (Wildman–Crippen MR) is 147 cm³/mol. The van der Waals surface area contributed by atoms with Gasteiger partial charge in [-0.25, -0.2) is 0 Å². The van der Waals surface area contributed by atoms with E-state index in [2.05, 4.69) is 0 Å². The second kappa shape index (κ2) is 9.13. The number of rotatable bonds is 4. The molecule has 6 fully saturated rings. The van der Waals surface area contributed by atoms with Gasteiger partial charge in [-0.3, -0.25) is 14.4 Å². The summed E-state index contributed by atoms with van der Waals surface area (Å²) in [6.45, 7) is 9.39. The van der Waals surface area contributed by atoms with Gasteiger partial charge in [0.2, 0.25) is 6.29 Å². The number of epoxide rings is 1. The number of aliphatic hydroxyl groups excluding tert-OH is 4. The number of hydrogen-bond donors (Lipinski definition) is 4. The van der Waals surface area contributed by atoms with Crippen molar-refractivity contribution in [2.45, 2.75) is 109 Å². The average Bonchev–Trinajstić information content (AvgIpc) is 3.32. The minimum atomic E-state index is -1.70. The van der Waals surface area contributed by atoms with E-state index in [-0.39, 0.29) is 25.0 Å². The monoisotopic (exact) mass is 618 g/mol. The van der Waals surface area contributed by atoms with Crippen LogP contribution in [0.5, 0.6) is 0 Å². The zero-order valence-electron chi connectivity index (χ0n) is 25.8. The Morgan fingerprint density at radius 2 is 1.75 bits per heavy atom. The summed E-state index contributed by atoms with van der Waals surface area (Å²) in [4.78, 5) is 39.9. The van der Waals surface area contributed by atoms with Gasteiger partial charge in [-0.15, -0.1) is 0 Å². The molecule has 2 saturated heterocycles. The number of hydrogen-bond acceptors (Lipinski definition) is 12. The van der Waals surface area contributed by atoms with E-state index in [0.29, 0.717) is 6.42 Å². The summed E-state index contributed by atoms with van der Waals surface area (Å²) in [5.74, 6) is -4.82. The van der Waals surface area contributed by atoms with E-state index >= 15 is 0 Å². The Balaban J connectivity index is 1.40. The lowest BCUT2D eigenvalue weighted by Gasteiger charge is -2.73. The number of carbonyl (C=O) groups is 3. The normalized spacial score (nSPS) is 53.7. The Kier molecular flexibility index (Phi) is 6.29. The van der Waals surface area contributed by atoms with Crippen LogP contribution < -0.4 is 0 Å². The third kappa shape index (κ3) is 3.13. The van der Waals surface area contributed by atoms with Gasteiger partial charge in [0.15, 0.2) is 5.78 Å². The number of carbonyl (C=O) groups excluding carboxylic acids is 3. The van der Waals surface area contributed by atoms with E-state index in [1.165, 1.54) is 0 Å². The molecule has 0 radical (unpaired) electrons. The van der Waals surface area contributed by atoms with Crippen LogP contribution in [-0.2, 0) is 33.3 Å². The SMILES string of the molecule is CC(=O)O[C@@H]1[C@H](O)[C@H](O)[C@@]23COC(OC(=O)C(C)C)[C@]1(C)[C@@H]2C[C@@H](O)[C@]1(C)[C@@H]3C(=O)[C@H](O)[C@@]2(C)[C@H](c3ccoc3)C[C@H]3O[C@]321. The van der Waals surface area contributed by atoms with E-state index in [4.69, 9.17) is 23.4 Å². The zero-order valence-corrected chi connectivity index (χ0v) is 25.8. The lowest BCUT2D eigenvalue weighted by molar-refractivity contribution is -0.391. The Morgan fingerprint density at radius 3 is 2.36 bits per heavy atom. The fraction of sp³-hybridized carbons (Fsp3) is 0.781. The maximum absolute atomic E-state index is 14.8. The molecule has 4 N–H and O–H groups in total. The molecule has 12 heteroatoms. The second-order valence-corrected chi connectivity index (χ2v) is 15.0. The molecule has 242 valence electrons. The van der Waals surface area contributed by atoms with E-state index in [9.17, 15) is 34.8 Å². The lowest BCUT2D eigenvalue weighted by Crippen LogP contribution is -2.84. The van der Waals surface area contributed by atoms with Crippen molar-refractivity contribution in [3.8, 4) is 0 Å². The van der Waals surface area contributed by atoms with Crippen LogP contribution in [0.3, 0.4) is 0 Å². The standard InChI is InChI=1S/C32H42O12/c1-13(2)26(39)43-27-28(4)17-10-18(34)30(6)22(31(17,12-41-27)24(38)21(36)25(28)42-14(3)33)20(35)23(37)29(5)16(15-7-8-40-11-15)9-19-32(29,30)44-19/h7-8,11,13,16-19,21-25,27,34,36-38H,9-10,12H2,1-6H3/t16-,17-,18+,19+,21+,22-,23-,24-,25+,27?,28+,29+,30+,31-,32+/m0/s1. The topological polar surface area (TPSA) is 185 Å². The molecular weight excluding hydrogens is 576 g/mol. The van der Waals surface area contributed by atoms with Crippen molar-refractivity contribution in [3.63, 3.8) is 0 Å². The summed E-state index contributed by atoms with van der Waals surface area (Å²) >= 11 is 0. The molecule has 1 aromatic heterocycles. The summed E-state index contributed by atoms with van der Waals surface area (Å²) in [6, 6.07) is 1.81. The first-order chi connectivity index (χ1) is 20.6. The Hall–Kier alpha value is -2.35. The molecule has 4 saturated carbocycles. The number of ketones is 1. The van der Waals surface area contributed by atoms with Crippen LogP contribution in [0.1, 0.15) is 65.9 Å². The number of esters is 2. The van der Waals surface area contributed by atoms with Crippen molar-refractivity contribution >= 4 is 17.7 Å². The minimum absolute atomic E-state index is 0.00219. The lowest BCUT2D eigenvalue weighted by atomic mass is 9.33. The molecule has 4 aliphatic carbocycles. The highest BCUT2D eigenvalue weighted by molar-refractivity contribution is 5.91. The number of furan rings is 1. The van der Waals surface area contributed by atoms with Gasteiger partial charge in [0.25, 0.3) is 0 Å². The Morgan fingerprint density at radius 1 is 1.05 bits per heavy atom. The van der Waals surface area contributed by atoms with Crippen molar-refractivity contribution in [1.82, 2.24) is 0 Å². The Bertz CT molecular complexity index is 1390. The van der Waals surface area contributed by atoms with Crippen molar-refractivity contribution in [3.05, 3.63) is 24.2 Å². The molecular formula is C32H42O12. The Labute approximate surface area is 255 Å². The molecule has 12 nitrogen and oxygen atoms in total.